The second-order valence-electron chi connectivity index (χ2n) is 7.38. The van der Waals surface area contributed by atoms with E-state index in [4.69, 9.17) is 10.5 Å². The summed E-state index contributed by atoms with van der Waals surface area (Å²) in [5, 5.41) is 2.08. The number of rotatable bonds is 6. The Kier molecular flexibility index (Phi) is 7.32. The van der Waals surface area contributed by atoms with Crippen LogP contribution in [0.5, 0.6) is 17.2 Å². The fourth-order valence-corrected chi connectivity index (χ4v) is 3.09. The lowest BCUT2D eigenvalue weighted by atomic mass is 10.1. The van der Waals surface area contributed by atoms with Gasteiger partial charge in [0.15, 0.2) is 5.82 Å². The van der Waals surface area contributed by atoms with E-state index in [1.165, 1.54) is 6.92 Å². The Bertz CT molecular complexity index is 1350. The number of alkyl halides is 6. The van der Waals surface area contributed by atoms with Crippen LogP contribution in [0.1, 0.15) is 31.8 Å². The summed E-state index contributed by atoms with van der Waals surface area (Å²) in [5.41, 5.74) is 1.12. The third-order valence-corrected chi connectivity index (χ3v) is 4.75. The summed E-state index contributed by atoms with van der Waals surface area (Å²) in [6.07, 6.45) is -10.2. The standard InChI is InChI=1S/C23H14F8N2O4/c1-10-8-15(24)13(20(32)34)9-16(10)33-21(35)18-17(7-6-14(19(18)25)22(26,27)28)36-11-2-4-12(5-3-11)37-23(29,30)31/h2-9H,1H3,(H2,32,34)(H,33,35). The van der Waals surface area contributed by atoms with Crippen LogP contribution in [0.2, 0.25) is 0 Å². The molecule has 0 aliphatic rings. The Labute approximate surface area is 202 Å². The van der Waals surface area contributed by atoms with Gasteiger partial charge >= 0.3 is 12.5 Å². The molecule has 0 heterocycles. The SMILES string of the molecule is Cc1cc(F)c(C(N)=O)cc1NC(=O)c1c(Oc2ccc(OC(F)(F)F)cc2)ccc(C(F)(F)F)c1F. The zero-order valence-corrected chi connectivity index (χ0v) is 18.4. The molecule has 14 heteroatoms. The molecule has 37 heavy (non-hydrogen) atoms. The number of ether oxygens (including phenoxy) is 2. The minimum atomic E-state index is -5.21. The molecule has 0 saturated heterocycles. The van der Waals surface area contributed by atoms with Crippen molar-refractivity contribution in [3.63, 3.8) is 0 Å². The minimum absolute atomic E-state index is 0.0194. The van der Waals surface area contributed by atoms with Crippen molar-refractivity contribution in [3.05, 3.63) is 82.4 Å². The van der Waals surface area contributed by atoms with Crippen LogP contribution >= 0.6 is 0 Å². The number of aryl methyl sites for hydroxylation is 1. The number of primary amides is 1. The number of nitrogens with two attached hydrogens (primary N) is 1. The molecule has 3 aromatic carbocycles. The second kappa shape index (κ2) is 9.95. The molecule has 0 fully saturated rings. The number of halogens is 8. The molecule has 0 bridgehead atoms. The predicted molar refractivity (Wildman–Crippen MR) is 112 cm³/mol. The van der Waals surface area contributed by atoms with Crippen LogP contribution in [0.25, 0.3) is 0 Å². The molecule has 196 valence electrons. The lowest BCUT2D eigenvalue weighted by Crippen LogP contribution is -2.20. The fourth-order valence-electron chi connectivity index (χ4n) is 3.09. The molecule has 3 N–H and O–H groups in total. The zero-order chi connectivity index (χ0) is 27.7. The van der Waals surface area contributed by atoms with Gasteiger partial charge in [-0.2, -0.15) is 13.2 Å². The largest absolute Gasteiger partial charge is 0.573 e. The molecule has 2 amide bonds. The van der Waals surface area contributed by atoms with E-state index in [0.717, 1.165) is 36.4 Å². The number of carbonyl (C=O) groups is 2. The highest BCUT2D eigenvalue weighted by Gasteiger charge is 2.37. The minimum Gasteiger partial charge on any atom is -0.456 e. The fraction of sp³-hybridized carbons (Fsp3) is 0.130. The van der Waals surface area contributed by atoms with E-state index in [2.05, 4.69) is 10.1 Å². The first kappa shape index (κ1) is 27.2. The summed E-state index contributed by atoms with van der Waals surface area (Å²) in [6, 6.07) is 6.07. The molecule has 0 atom stereocenters. The molecule has 3 rings (SSSR count). The summed E-state index contributed by atoms with van der Waals surface area (Å²) in [5.74, 6) is -7.39. The van der Waals surface area contributed by atoms with Crippen molar-refractivity contribution in [2.24, 2.45) is 5.73 Å². The smallest absolute Gasteiger partial charge is 0.456 e. The number of nitrogens with one attached hydrogen (secondary N) is 1. The molecule has 6 nitrogen and oxygen atoms in total. The number of anilines is 1. The van der Waals surface area contributed by atoms with Crippen LogP contribution in [0, 0.1) is 18.6 Å². The number of benzene rings is 3. The maximum absolute atomic E-state index is 15.0. The zero-order valence-electron chi connectivity index (χ0n) is 18.4. The summed E-state index contributed by atoms with van der Waals surface area (Å²) in [6.45, 7) is 1.29. The average Bonchev–Trinajstić information content (AvgIpc) is 2.75. The molecule has 0 radical (unpaired) electrons. The van der Waals surface area contributed by atoms with Gasteiger partial charge in [0, 0.05) is 5.69 Å². The number of hydrogen-bond donors (Lipinski definition) is 2. The highest BCUT2D eigenvalue weighted by Crippen LogP contribution is 2.38. The van der Waals surface area contributed by atoms with Gasteiger partial charge < -0.3 is 20.5 Å². The molecule has 3 aromatic rings. The summed E-state index contributed by atoms with van der Waals surface area (Å²) < 4.78 is 115. The van der Waals surface area contributed by atoms with Gasteiger partial charge in [-0.15, -0.1) is 13.2 Å². The van der Waals surface area contributed by atoms with Crippen LogP contribution in [0.3, 0.4) is 0 Å². The molecular formula is C23H14F8N2O4. The first-order valence-electron chi connectivity index (χ1n) is 9.91. The van der Waals surface area contributed by atoms with Gasteiger partial charge in [-0.1, -0.05) is 0 Å². The maximum Gasteiger partial charge on any atom is 0.573 e. The first-order valence-corrected chi connectivity index (χ1v) is 9.91. The van der Waals surface area contributed by atoms with Crippen molar-refractivity contribution in [2.45, 2.75) is 19.5 Å². The lowest BCUT2D eigenvalue weighted by molar-refractivity contribution is -0.274. The highest BCUT2D eigenvalue weighted by atomic mass is 19.4. The topological polar surface area (TPSA) is 90.7 Å². The van der Waals surface area contributed by atoms with E-state index in [-0.39, 0.29) is 17.0 Å². The normalized spacial score (nSPS) is 11.7. The van der Waals surface area contributed by atoms with E-state index < -0.39 is 64.2 Å². The molecule has 0 aliphatic carbocycles. The van der Waals surface area contributed by atoms with Crippen molar-refractivity contribution in [1.82, 2.24) is 0 Å². The van der Waals surface area contributed by atoms with Gasteiger partial charge in [0.05, 0.1) is 11.1 Å². The number of amides is 2. The Balaban J connectivity index is 2.03. The average molecular weight is 534 g/mol. The number of carbonyl (C=O) groups excluding carboxylic acids is 2. The van der Waals surface area contributed by atoms with Gasteiger partial charge in [-0.3, -0.25) is 9.59 Å². The quantitative estimate of drug-likeness (QED) is 0.362. The predicted octanol–water partition coefficient (Wildman–Crippen LogP) is 6.33. The summed E-state index contributed by atoms with van der Waals surface area (Å²) in [4.78, 5) is 24.3. The van der Waals surface area contributed by atoms with Crippen LogP contribution < -0.4 is 20.5 Å². The van der Waals surface area contributed by atoms with Crippen molar-refractivity contribution < 1.29 is 54.2 Å². The van der Waals surface area contributed by atoms with Gasteiger partial charge in [-0.25, -0.2) is 8.78 Å². The molecule has 0 aromatic heterocycles. The molecule has 0 unspecified atom stereocenters. The van der Waals surface area contributed by atoms with Crippen molar-refractivity contribution >= 4 is 17.5 Å². The number of hydrogen-bond acceptors (Lipinski definition) is 4. The monoisotopic (exact) mass is 534 g/mol. The van der Waals surface area contributed by atoms with Crippen LogP contribution in [0.15, 0.2) is 48.5 Å². The lowest BCUT2D eigenvalue weighted by Gasteiger charge is -2.17. The van der Waals surface area contributed by atoms with Gasteiger partial charge in [0.1, 0.15) is 28.6 Å². The summed E-state index contributed by atoms with van der Waals surface area (Å²) >= 11 is 0. The summed E-state index contributed by atoms with van der Waals surface area (Å²) in [7, 11) is 0. The Hall–Kier alpha value is -4.36. The van der Waals surface area contributed by atoms with Gasteiger partial charge in [-0.05, 0) is 61.0 Å². The van der Waals surface area contributed by atoms with E-state index in [9.17, 15) is 44.7 Å². The Morgan fingerprint density at radius 2 is 1.49 bits per heavy atom. The molecular weight excluding hydrogens is 520 g/mol. The van der Waals surface area contributed by atoms with Crippen LogP contribution in [-0.4, -0.2) is 18.2 Å². The molecule has 0 spiro atoms. The maximum atomic E-state index is 15.0. The molecule has 0 aliphatic heterocycles. The van der Waals surface area contributed by atoms with E-state index in [1.54, 1.807) is 0 Å². The second-order valence-corrected chi connectivity index (χ2v) is 7.38. The van der Waals surface area contributed by atoms with E-state index in [0.29, 0.717) is 12.1 Å². The van der Waals surface area contributed by atoms with Crippen LogP contribution in [-0.2, 0) is 6.18 Å². The third kappa shape index (κ3) is 6.45. The van der Waals surface area contributed by atoms with Gasteiger partial charge in [0.2, 0.25) is 0 Å². The Morgan fingerprint density at radius 1 is 0.892 bits per heavy atom. The Morgan fingerprint density at radius 3 is 2.03 bits per heavy atom. The third-order valence-electron chi connectivity index (χ3n) is 4.75. The van der Waals surface area contributed by atoms with E-state index >= 15 is 0 Å². The van der Waals surface area contributed by atoms with Gasteiger partial charge in [0.25, 0.3) is 11.8 Å². The first-order chi connectivity index (χ1) is 17.1. The van der Waals surface area contributed by atoms with Crippen LogP contribution in [0.4, 0.5) is 40.8 Å². The highest BCUT2D eigenvalue weighted by molar-refractivity contribution is 6.07. The molecule has 0 saturated carbocycles. The van der Waals surface area contributed by atoms with Crippen molar-refractivity contribution in [1.29, 1.82) is 0 Å². The van der Waals surface area contributed by atoms with E-state index in [1.807, 2.05) is 0 Å². The van der Waals surface area contributed by atoms with Crippen molar-refractivity contribution in [2.75, 3.05) is 5.32 Å². The van der Waals surface area contributed by atoms with Crippen molar-refractivity contribution in [3.8, 4) is 17.2 Å².